The first kappa shape index (κ1) is 14.1. The largest absolute Gasteiger partial charge is 0.330 e. The molecule has 2 N–H and O–H groups in total. The Morgan fingerprint density at radius 1 is 1.42 bits per heavy atom. The van der Waals surface area contributed by atoms with Crippen molar-refractivity contribution in [2.45, 2.75) is 39.5 Å². The van der Waals surface area contributed by atoms with Crippen molar-refractivity contribution in [1.29, 1.82) is 0 Å². The van der Waals surface area contributed by atoms with Gasteiger partial charge < -0.3 is 10.6 Å². The van der Waals surface area contributed by atoms with Crippen LogP contribution in [0.3, 0.4) is 0 Å². The highest BCUT2D eigenvalue weighted by Gasteiger charge is 2.28. The summed E-state index contributed by atoms with van der Waals surface area (Å²) in [4.78, 5) is 14.2. The molecule has 0 saturated carbocycles. The van der Waals surface area contributed by atoms with E-state index in [1.165, 1.54) is 11.1 Å². The number of carbonyl (C=O) groups is 1. The zero-order chi connectivity index (χ0) is 14.2. The number of hydrogen-bond acceptors (Lipinski definition) is 2. The van der Waals surface area contributed by atoms with E-state index in [1.807, 2.05) is 11.8 Å². The van der Waals surface area contributed by atoms with Crippen molar-refractivity contribution < 1.29 is 4.79 Å². The molecular formula is C16H24N2O. The molecule has 1 aliphatic heterocycles. The second kappa shape index (κ2) is 4.97. The van der Waals surface area contributed by atoms with Gasteiger partial charge in [-0.15, -0.1) is 0 Å². The molecule has 0 bridgehead atoms. The molecule has 1 atom stereocenters. The lowest BCUT2D eigenvalue weighted by atomic mass is 9.86. The minimum Gasteiger partial charge on any atom is -0.330 e. The summed E-state index contributed by atoms with van der Waals surface area (Å²) in [6.07, 6.45) is 0.947. The molecular weight excluding hydrogens is 236 g/mol. The van der Waals surface area contributed by atoms with Gasteiger partial charge >= 0.3 is 0 Å². The summed E-state index contributed by atoms with van der Waals surface area (Å²) in [5.74, 6) is 0.0398. The van der Waals surface area contributed by atoms with Crippen LogP contribution in [0.1, 0.15) is 38.8 Å². The Kier molecular flexibility index (Phi) is 3.68. The van der Waals surface area contributed by atoms with Crippen molar-refractivity contribution in [3.63, 3.8) is 0 Å². The first-order valence-electron chi connectivity index (χ1n) is 6.99. The van der Waals surface area contributed by atoms with Crippen LogP contribution in [0.15, 0.2) is 18.2 Å². The average Bonchev–Trinajstić information content (AvgIpc) is 2.78. The minimum atomic E-state index is -0.103. The fourth-order valence-corrected chi connectivity index (χ4v) is 2.46. The normalized spacial score (nSPS) is 16.4. The van der Waals surface area contributed by atoms with Crippen molar-refractivity contribution in [3.8, 4) is 0 Å². The van der Waals surface area contributed by atoms with Crippen molar-refractivity contribution in [2.75, 3.05) is 18.0 Å². The molecule has 0 spiro atoms. The molecule has 3 nitrogen and oxygen atoms in total. The van der Waals surface area contributed by atoms with Gasteiger partial charge in [-0.2, -0.15) is 0 Å². The van der Waals surface area contributed by atoms with Crippen molar-refractivity contribution in [3.05, 3.63) is 29.3 Å². The Hall–Kier alpha value is -1.35. The molecule has 1 aromatic carbocycles. The molecule has 0 aliphatic carbocycles. The van der Waals surface area contributed by atoms with Gasteiger partial charge in [0.1, 0.15) is 0 Å². The maximum Gasteiger partial charge on any atom is 0.231 e. The highest BCUT2D eigenvalue weighted by molar-refractivity contribution is 5.97. The van der Waals surface area contributed by atoms with Crippen LogP contribution in [-0.4, -0.2) is 19.0 Å². The van der Waals surface area contributed by atoms with E-state index in [0.717, 1.165) is 18.7 Å². The fraction of sp³-hybridized carbons (Fsp3) is 0.562. The molecule has 0 aromatic heterocycles. The summed E-state index contributed by atoms with van der Waals surface area (Å²) >= 11 is 0. The second-order valence-electron chi connectivity index (χ2n) is 6.47. The molecule has 1 unspecified atom stereocenters. The Morgan fingerprint density at radius 2 is 2.11 bits per heavy atom. The van der Waals surface area contributed by atoms with E-state index in [1.54, 1.807) is 0 Å². The number of rotatable bonds is 2. The Bertz CT molecular complexity index is 488. The van der Waals surface area contributed by atoms with Crippen LogP contribution < -0.4 is 10.6 Å². The third-order valence-electron chi connectivity index (χ3n) is 3.88. The third-order valence-corrected chi connectivity index (χ3v) is 3.88. The Labute approximate surface area is 115 Å². The first-order chi connectivity index (χ1) is 8.84. The van der Waals surface area contributed by atoms with Gasteiger partial charge in [-0.3, -0.25) is 4.79 Å². The molecule has 1 aliphatic rings. The minimum absolute atomic E-state index is 0.103. The van der Waals surface area contributed by atoms with Crippen LogP contribution in [0.25, 0.3) is 0 Å². The third kappa shape index (κ3) is 2.66. The standard InChI is InChI=1S/C16H24N2O/c1-11(10-17)15(19)18-8-7-12-9-13(16(2,3)4)5-6-14(12)18/h5-6,9,11H,7-8,10,17H2,1-4H3. The van der Waals surface area contributed by atoms with Gasteiger partial charge in [-0.1, -0.05) is 39.8 Å². The van der Waals surface area contributed by atoms with Crippen molar-refractivity contribution >= 4 is 11.6 Å². The van der Waals surface area contributed by atoms with E-state index in [0.29, 0.717) is 6.54 Å². The molecule has 2 rings (SSSR count). The Balaban J connectivity index is 2.30. The highest BCUT2D eigenvalue weighted by atomic mass is 16.2. The number of anilines is 1. The van der Waals surface area contributed by atoms with E-state index in [-0.39, 0.29) is 17.2 Å². The lowest BCUT2D eigenvalue weighted by molar-refractivity contribution is -0.121. The molecule has 3 heteroatoms. The molecule has 0 fully saturated rings. The molecule has 1 aromatic rings. The smallest absolute Gasteiger partial charge is 0.231 e. The lowest BCUT2D eigenvalue weighted by Crippen LogP contribution is -2.36. The van der Waals surface area contributed by atoms with E-state index in [9.17, 15) is 4.79 Å². The molecule has 0 saturated heterocycles. The molecule has 19 heavy (non-hydrogen) atoms. The van der Waals surface area contributed by atoms with Gasteiger partial charge in [-0.25, -0.2) is 0 Å². The van der Waals surface area contributed by atoms with Gasteiger partial charge in [0.05, 0.1) is 0 Å². The van der Waals surface area contributed by atoms with E-state index < -0.39 is 0 Å². The molecule has 104 valence electrons. The lowest BCUT2D eigenvalue weighted by Gasteiger charge is -2.23. The SMILES string of the molecule is CC(CN)C(=O)N1CCc2cc(C(C)(C)C)ccc21. The molecule has 1 heterocycles. The first-order valence-corrected chi connectivity index (χ1v) is 6.99. The van der Waals surface area contributed by atoms with Crippen LogP contribution in [0.4, 0.5) is 5.69 Å². The van der Waals surface area contributed by atoms with Crippen molar-refractivity contribution in [1.82, 2.24) is 0 Å². The molecule has 1 amide bonds. The van der Waals surface area contributed by atoms with Crippen LogP contribution in [0.5, 0.6) is 0 Å². The van der Waals surface area contributed by atoms with E-state index >= 15 is 0 Å². The monoisotopic (exact) mass is 260 g/mol. The van der Waals surface area contributed by atoms with E-state index in [4.69, 9.17) is 5.73 Å². The summed E-state index contributed by atoms with van der Waals surface area (Å²) in [6, 6.07) is 6.47. The zero-order valence-corrected chi connectivity index (χ0v) is 12.4. The van der Waals surface area contributed by atoms with E-state index in [2.05, 4.69) is 39.0 Å². The summed E-state index contributed by atoms with van der Waals surface area (Å²) in [6.45, 7) is 9.72. The highest BCUT2D eigenvalue weighted by Crippen LogP contribution is 2.33. The van der Waals surface area contributed by atoms with Gasteiger partial charge in [0.15, 0.2) is 0 Å². The number of nitrogens with zero attached hydrogens (tertiary/aromatic N) is 1. The zero-order valence-electron chi connectivity index (χ0n) is 12.4. The summed E-state index contributed by atoms with van der Waals surface area (Å²) in [7, 11) is 0. The summed E-state index contributed by atoms with van der Waals surface area (Å²) < 4.78 is 0. The van der Waals surface area contributed by atoms with Crippen LogP contribution in [0, 0.1) is 5.92 Å². The quantitative estimate of drug-likeness (QED) is 0.888. The number of nitrogens with two attached hydrogens (primary N) is 1. The predicted molar refractivity (Wildman–Crippen MR) is 79.4 cm³/mol. The Morgan fingerprint density at radius 3 is 2.68 bits per heavy atom. The fourth-order valence-electron chi connectivity index (χ4n) is 2.46. The second-order valence-corrected chi connectivity index (χ2v) is 6.47. The van der Waals surface area contributed by atoms with Crippen LogP contribution in [0.2, 0.25) is 0 Å². The van der Waals surface area contributed by atoms with Gasteiger partial charge in [-0.05, 0) is 29.0 Å². The number of fused-ring (bicyclic) bond motifs is 1. The van der Waals surface area contributed by atoms with Gasteiger partial charge in [0, 0.05) is 24.7 Å². The van der Waals surface area contributed by atoms with Crippen LogP contribution >= 0.6 is 0 Å². The topological polar surface area (TPSA) is 46.3 Å². The number of hydrogen-bond donors (Lipinski definition) is 1. The maximum atomic E-state index is 12.3. The van der Waals surface area contributed by atoms with Gasteiger partial charge in [0.2, 0.25) is 5.91 Å². The number of benzene rings is 1. The average molecular weight is 260 g/mol. The number of carbonyl (C=O) groups excluding carboxylic acids is 1. The summed E-state index contributed by atoms with van der Waals surface area (Å²) in [5.41, 5.74) is 9.42. The molecule has 0 radical (unpaired) electrons. The predicted octanol–water partition coefficient (Wildman–Crippen LogP) is 2.47. The maximum absolute atomic E-state index is 12.3. The summed E-state index contributed by atoms with van der Waals surface area (Å²) in [5, 5.41) is 0. The van der Waals surface area contributed by atoms with Gasteiger partial charge in [0.25, 0.3) is 0 Å². The van der Waals surface area contributed by atoms with Crippen LogP contribution in [-0.2, 0) is 16.6 Å². The van der Waals surface area contributed by atoms with Crippen molar-refractivity contribution in [2.24, 2.45) is 11.7 Å². The number of amides is 1.